The van der Waals surface area contributed by atoms with Crippen LogP contribution in [0.25, 0.3) is 0 Å². The Balaban J connectivity index is 2.52. The highest BCUT2D eigenvalue weighted by Gasteiger charge is 2.37. The van der Waals surface area contributed by atoms with Crippen molar-refractivity contribution in [3.05, 3.63) is 0 Å². The minimum Gasteiger partial charge on any atom is -0.368 e. The summed E-state index contributed by atoms with van der Waals surface area (Å²) in [5, 5.41) is 2.47. The second kappa shape index (κ2) is 4.61. The third-order valence-electron chi connectivity index (χ3n) is 2.91. The van der Waals surface area contributed by atoms with Crippen LogP contribution < -0.4 is 16.8 Å². The molecular formula is C10H19N3O2. The van der Waals surface area contributed by atoms with Gasteiger partial charge in [-0.15, -0.1) is 0 Å². The Morgan fingerprint density at radius 3 is 2.73 bits per heavy atom. The van der Waals surface area contributed by atoms with Gasteiger partial charge in [-0.1, -0.05) is 19.8 Å². The van der Waals surface area contributed by atoms with E-state index in [1.54, 1.807) is 0 Å². The molecule has 5 heteroatoms. The van der Waals surface area contributed by atoms with Crippen LogP contribution in [0.2, 0.25) is 0 Å². The average Bonchev–Trinajstić information content (AvgIpc) is 2.13. The highest BCUT2D eigenvalue weighted by Crippen LogP contribution is 2.30. The van der Waals surface area contributed by atoms with Gasteiger partial charge in [-0.3, -0.25) is 9.59 Å². The molecule has 0 aliphatic heterocycles. The van der Waals surface area contributed by atoms with Crippen LogP contribution in [-0.4, -0.2) is 23.9 Å². The number of amides is 2. The molecule has 1 aliphatic rings. The number of nitrogens with one attached hydrogen (secondary N) is 1. The number of hydrogen-bond donors (Lipinski definition) is 3. The Bertz CT molecular complexity index is 267. The largest absolute Gasteiger partial charge is 0.368 e. The minimum atomic E-state index is -0.812. The maximum atomic E-state index is 11.7. The van der Waals surface area contributed by atoms with Crippen LogP contribution in [0.1, 0.15) is 32.6 Å². The van der Waals surface area contributed by atoms with Gasteiger partial charge in [0.25, 0.3) is 0 Å². The van der Waals surface area contributed by atoms with Crippen molar-refractivity contribution in [2.24, 2.45) is 17.4 Å². The standard InChI is InChI=1S/C10H19N3O2/c1-7-3-2-4-10(12,5-7)9(15)13-6-8(11)14/h7H,2-6,12H2,1H3,(H2,11,14)(H,13,15). The minimum absolute atomic E-state index is 0.133. The van der Waals surface area contributed by atoms with Crippen LogP contribution in [0.15, 0.2) is 0 Å². The van der Waals surface area contributed by atoms with Gasteiger partial charge in [-0.25, -0.2) is 0 Å². The molecule has 15 heavy (non-hydrogen) atoms. The van der Waals surface area contributed by atoms with Gasteiger partial charge in [0.15, 0.2) is 0 Å². The molecule has 1 aliphatic carbocycles. The molecule has 0 aromatic carbocycles. The summed E-state index contributed by atoms with van der Waals surface area (Å²) in [6, 6.07) is 0. The molecule has 2 amide bonds. The van der Waals surface area contributed by atoms with E-state index in [0.717, 1.165) is 12.8 Å². The van der Waals surface area contributed by atoms with Crippen molar-refractivity contribution >= 4 is 11.8 Å². The molecule has 5 nitrogen and oxygen atoms in total. The second-order valence-corrected chi connectivity index (χ2v) is 4.51. The lowest BCUT2D eigenvalue weighted by atomic mass is 9.76. The number of nitrogens with two attached hydrogens (primary N) is 2. The Morgan fingerprint density at radius 2 is 2.20 bits per heavy atom. The topological polar surface area (TPSA) is 98.2 Å². The van der Waals surface area contributed by atoms with Crippen molar-refractivity contribution in [1.29, 1.82) is 0 Å². The smallest absolute Gasteiger partial charge is 0.240 e. The zero-order valence-corrected chi connectivity index (χ0v) is 9.08. The molecule has 0 aromatic heterocycles. The van der Waals surface area contributed by atoms with E-state index in [0.29, 0.717) is 18.8 Å². The molecule has 86 valence electrons. The fourth-order valence-electron chi connectivity index (χ4n) is 2.14. The first-order valence-corrected chi connectivity index (χ1v) is 5.29. The molecule has 0 bridgehead atoms. The van der Waals surface area contributed by atoms with Crippen LogP contribution in [-0.2, 0) is 9.59 Å². The number of carbonyl (C=O) groups excluding carboxylic acids is 2. The summed E-state index contributed by atoms with van der Waals surface area (Å²) in [6.45, 7) is 1.95. The van der Waals surface area contributed by atoms with Crippen LogP contribution in [0.3, 0.4) is 0 Å². The van der Waals surface area contributed by atoms with Crippen molar-refractivity contribution < 1.29 is 9.59 Å². The molecule has 1 saturated carbocycles. The summed E-state index contributed by atoms with van der Waals surface area (Å²) < 4.78 is 0. The van der Waals surface area contributed by atoms with Crippen molar-refractivity contribution in [3.8, 4) is 0 Å². The average molecular weight is 213 g/mol. The lowest BCUT2D eigenvalue weighted by Crippen LogP contribution is -2.57. The predicted molar refractivity (Wildman–Crippen MR) is 56.8 cm³/mol. The first kappa shape index (κ1) is 12.0. The fraction of sp³-hybridized carbons (Fsp3) is 0.800. The van der Waals surface area contributed by atoms with E-state index in [1.165, 1.54) is 0 Å². The monoisotopic (exact) mass is 213 g/mol. The number of primary amides is 1. The Morgan fingerprint density at radius 1 is 1.53 bits per heavy atom. The highest BCUT2D eigenvalue weighted by molar-refractivity contribution is 5.89. The summed E-state index contributed by atoms with van der Waals surface area (Å²) in [7, 11) is 0. The van der Waals surface area contributed by atoms with Gasteiger partial charge in [0.1, 0.15) is 0 Å². The molecule has 0 radical (unpaired) electrons. The second-order valence-electron chi connectivity index (χ2n) is 4.51. The van der Waals surface area contributed by atoms with Gasteiger partial charge < -0.3 is 16.8 Å². The van der Waals surface area contributed by atoms with E-state index in [4.69, 9.17) is 11.5 Å². The van der Waals surface area contributed by atoms with Crippen LogP contribution >= 0.6 is 0 Å². The van der Waals surface area contributed by atoms with Crippen LogP contribution in [0, 0.1) is 5.92 Å². The maximum Gasteiger partial charge on any atom is 0.240 e. The van der Waals surface area contributed by atoms with Crippen molar-refractivity contribution in [3.63, 3.8) is 0 Å². The quantitative estimate of drug-likeness (QED) is 0.589. The molecule has 2 unspecified atom stereocenters. The van der Waals surface area contributed by atoms with Crippen LogP contribution in [0.5, 0.6) is 0 Å². The van der Waals surface area contributed by atoms with Gasteiger partial charge in [-0.05, 0) is 18.8 Å². The summed E-state index contributed by atoms with van der Waals surface area (Å²) in [4.78, 5) is 22.2. The molecule has 1 rings (SSSR count). The van der Waals surface area contributed by atoms with E-state index < -0.39 is 11.4 Å². The van der Waals surface area contributed by atoms with E-state index in [9.17, 15) is 9.59 Å². The van der Waals surface area contributed by atoms with E-state index >= 15 is 0 Å². The zero-order valence-electron chi connectivity index (χ0n) is 9.08. The van der Waals surface area contributed by atoms with Gasteiger partial charge in [0.05, 0.1) is 12.1 Å². The Hall–Kier alpha value is -1.10. The third kappa shape index (κ3) is 3.20. The third-order valence-corrected chi connectivity index (χ3v) is 2.91. The maximum absolute atomic E-state index is 11.7. The summed E-state index contributed by atoms with van der Waals surface area (Å²) in [5.74, 6) is -0.341. The summed E-state index contributed by atoms with van der Waals surface area (Å²) in [6.07, 6.45) is 3.43. The number of rotatable bonds is 3. The lowest BCUT2D eigenvalue weighted by Gasteiger charge is -2.35. The highest BCUT2D eigenvalue weighted by atomic mass is 16.2. The SMILES string of the molecule is CC1CCCC(N)(C(=O)NCC(N)=O)C1. The van der Waals surface area contributed by atoms with Gasteiger partial charge in [-0.2, -0.15) is 0 Å². The van der Waals surface area contributed by atoms with Gasteiger partial charge in [0.2, 0.25) is 11.8 Å². The first-order chi connectivity index (χ1) is 6.94. The van der Waals surface area contributed by atoms with Crippen molar-refractivity contribution in [2.75, 3.05) is 6.54 Å². The first-order valence-electron chi connectivity index (χ1n) is 5.29. The molecule has 0 aromatic rings. The lowest BCUT2D eigenvalue weighted by molar-refractivity contribution is -0.130. The summed E-state index contributed by atoms with van der Waals surface area (Å²) in [5.41, 5.74) is 10.1. The molecule has 0 spiro atoms. The molecule has 0 saturated heterocycles. The van der Waals surface area contributed by atoms with Gasteiger partial charge >= 0.3 is 0 Å². The predicted octanol–water partition coefficient (Wildman–Crippen LogP) is -0.504. The summed E-state index contributed by atoms with van der Waals surface area (Å²) >= 11 is 0. The van der Waals surface area contributed by atoms with Crippen LogP contribution in [0.4, 0.5) is 0 Å². The van der Waals surface area contributed by atoms with E-state index in [2.05, 4.69) is 12.2 Å². The van der Waals surface area contributed by atoms with Gasteiger partial charge in [0, 0.05) is 0 Å². The Kier molecular flexibility index (Phi) is 3.68. The molecular weight excluding hydrogens is 194 g/mol. The normalized spacial score (nSPS) is 30.9. The molecule has 5 N–H and O–H groups in total. The molecule has 2 atom stereocenters. The molecule has 1 fully saturated rings. The Labute approximate surface area is 89.6 Å². The molecule has 0 heterocycles. The van der Waals surface area contributed by atoms with E-state index in [-0.39, 0.29) is 12.5 Å². The zero-order chi connectivity index (χ0) is 11.5. The number of hydrogen-bond acceptors (Lipinski definition) is 3. The van der Waals surface area contributed by atoms with Crippen molar-refractivity contribution in [1.82, 2.24) is 5.32 Å². The van der Waals surface area contributed by atoms with Crippen molar-refractivity contribution in [2.45, 2.75) is 38.1 Å². The fourth-order valence-corrected chi connectivity index (χ4v) is 2.14. The number of carbonyl (C=O) groups is 2. The van der Waals surface area contributed by atoms with E-state index in [1.807, 2.05) is 0 Å².